The van der Waals surface area contributed by atoms with Gasteiger partial charge in [-0.1, -0.05) is 64.5 Å². The Kier molecular flexibility index (Phi) is 10.3. The number of benzene rings is 4. The molecule has 45 heavy (non-hydrogen) atoms. The molecule has 5 rings (SSSR count). The Balaban J connectivity index is 1.27. The Morgan fingerprint density at radius 1 is 0.844 bits per heavy atom. The van der Waals surface area contributed by atoms with E-state index in [1.54, 1.807) is 79.7 Å². The summed E-state index contributed by atoms with van der Waals surface area (Å²) in [6, 6.07) is 32.9. The second kappa shape index (κ2) is 14.7. The van der Waals surface area contributed by atoms with Crippen molar-refractivity contribution in [1.29, 1.82) is 0 Å². The molecular formula is C35H27BrFN3O4S. The minimum absolute atomic E-state index is 0.0123. The van der Waals surface area contributed by atoms with E-state index >= 15 is 0 Å². The molecule has 226 valence electrons. The third-order valence-electron chi connectivity index (χ3n) is 6.48. The van der Waals surface area contributed by atoms with Crippen LogP contribution >= 0.6 is 27.7 Å². The van der Waals surface area contributed by atoms with Crippen molar-refractivity contribution in [3.63, 3.8) is 0 Å². The van der Waals surface area contributed by atoms with Crippen molar-refractivity contribution in [2.75, 3.05) is 10.6 Å². The summed E-state index contributed by atoms with van der Waals surface area (Å²) in [5, 5.41) is 7.59. The predicted octanol–water partition coefficient (Wildman–Crippen LogP) is 8.38. The molecule has 0 radical (unpaired) electrons. The highest BCUT2D eigenvalue weighted by Crippen LogP contribution is 2.27. The van der Waals surface area contributed by atoms with Crippen LogP contribution in [-0.4, -0.2) is 23.0 Å². The first-order valence-corrected chi connectivity index (χ1v) is 15.5. The maximum Gasteiger partial charge on any atom is 0.272 e. The Bertz CT molecular complexity index is 1840. The van der Waals surface area contributed by atoms with Crippen LogP contribution in [0.5, 0.6) is 0 Å². The molecule has 0 aliphatic rings. The topological polar surface area (TPSA) is 100 Å². The molecule has 0 fully saturated rings. The van der Waals surface area contributed by atoms with E-state index in [1.807, 2.05) is 30.3 Å². The largest absolute Gasteiger partial charge is 0.457 e. The first-order valence-electron chi connectivity index (χ1n) is 13.8. The lowest BCUT2D eigenvalue weighted by Gasteiger charge is -2.14. The minimum Gasteiger partial charge on any atom is -0.457 e. The van der Waals surface area contributed by atoms with E-state index in [2.05, 4.69) is 31.9 Å². The predicted molar refractivity (Wildman–Crippen MR) is 179 cm³/mol. The molecule has 7 nitrogen and oxygen atoms in total. The second-order valence-corrected chi connectivity index (χ2v) is 12.1. The van der Waals surface area contributed by atoms with E-state index in [-0.39, 0.29) is 17.3 Å². The van der Waals surface area contributed by atoms with Gasteiger partial charge in [0.05, 0.1) is 10.9 Å². The molecule has 3 N–H and O–H groups in total. The number of nitrogens with one attached hydrogen (secondary N) is 3. The summed E-state index contributed by atoms with van der Waals surface area (Å²) < 4.78 is 20.7. The van der Waals surface area contributed by atoms with Gasteiger partial charge in [-0.2, -0.15) is 0 Å². The Morgan fingerprint density at radius 3 is 2.22 bits per heavy atom. The van der Waals surface area contributed by atoms with Crippen molar-refractivity contribution in [3.05, 3.63) is 143 Å². The molecule has 0 aliphatic heterocycles. The number of hydrogen-bond acceptors (Lipinski definition) is 5. The molecule has 0 saturated heterocycles. The van der Waals surface area contributed by atoms with Crippen molar-refractivity contribution in [1.82, 2.24) is 5.32 Å². The molecule has 1 aromatic heterocycles. The lowest BCUT2D eigenvalue weighted by atomic mass is 10.2. The van der Waals surface area contributed by atoms with Crippen LogP contribution in [0.1, 0.15) is 23.0 Å². The monoisotopic (exact) mass is 683 g/mol. The van der Waals surface area contributed by atoms with Gasteiger partial charge >= 0.3 is 0 Å². The van der Waals surface area contributed by atoms with E-state index in [1.165, 1.54) is 30.0 Å². The molecule has 1 heterocycles. The van der Waals surface area contributed by atoms with E-state index in [0.29, 0.717) is 27.2 Å². The fourth-order valence-electron chi connectivity index (χ4n) is 4.17. The number of rotatable bonds is 10. The van der Waals surface area contributed by atoms with Crippen LogP contribution in [0.4, 0.5) is 15.8 Å². The number of hydrogen-bond donors (Lipinski definition) is 3. The molecule has 0 spiro atoms. The van der Waals surface area contributed by atoms with E-state index < -0.39 is 22.9 Å². The average Bonchev–Trinajstić information content (AvgIpc) is 3.52. The van der Waals surface area contributed by atoms with Crippen molar-refractivity contribution < 1.29 is 23.2 Å². The van der Waals surface area contributed by atoms with Gasteiger partial charge in [0.2, 0.25) is 5.91 Å². The zero-order valence-electron chi connectivity index (χ0n) is 23.9. The molecule has 0 aliphatic carbocycles. The summed E-state index contributed by atoms with van der Waals surface area (Å²) in [5.41, 5.74) is 1.83. The molecule has 4 aromatic carbocycles. The smallest absolute Gasteiger partial charge is 0.272 e. The number of halogens is 2. The Labute approximate surface area is 272 Å². The first kappa shape index (κ1) is 31.5. The van der Waals surface area contributed by atoms with E-state index in [0.717, 1.165) is 10.5 Å². The van der Waals surface area contributed by atoms with Crippen LogP contribution in [-0.2, 0) is 9.59 Å². The van der Waals surface area contributed by atoms with Crippen molar-refractivity contribution >= 4 is 62.9 Å². The van der Waals surface area contributed by atoms with Gasteiger partial charge in [0.15, 0.2) is 0 Å². The maximum atomic E-state index is 14.1. The van der Waals surface area contributed by atoms with Gasteiger partial charge in [0.25, 0.3) is 11.8 Å². The van der Waals surface area contributed by atoms with Gasteiger partial charge in [-0.15, -0.1) is 11.8 Å². The van der Waals surface area contributed by atoms with Crippen LogP contribution < -0.4 is 16.0 Å². The molecule has 3 amide bonds. The summed E-state index contributed by atoms with van der Waals surface area (Å²) in [4.78, 5) is 39.8. The van der Waals surface area contributed by atoms with Gasteiger partial charge in [-0.25, -0.2) is 4.39 Å². The Morgan fingerprint density at radius 2 is 1.53 bits per heavy atom. The quantitative estimate of drug-likeness (QED) is 0.101. The van der Waals surface area contributed by atoms with Gasteiger partial charge in [0, 0.05) is 32.3 Å². The third-order valence-corrected chi connectivity index (χ3v) is 8.09. The lowest BCUT2D eigenvalue weighted by molar-refractivity contribution is -0.115. The van der Waals surface area contributed by atoms with Crippen LogP contribution in [0.15, 0.2) is 135 Å². The SMILES string of the molecule is C[C@@H](Sc1ccc(NC(=O)/C(=C/c2ccc(-c3ccccc3)o2)NC(=O)c2ccccc2)cc1)C(=O)Nc1ccc(Br)cc1F. The number of amides is 3. The lowest BCUT2D eigenvalue weighted by Crippen LogP contribution is -2.30. The molecule has 10 heteroatoms. The fourth-order valence-corrected chi connectivity index (χ4v) is 5.37. The molecule has 0 unspecified atom stereocenters. The summed E-state index contributed by atoms with van der Waals surface area (Å²) in [5.74, 6) is -0.887. The standard InChI is InChI=1S/C35H27BrFN3O4S/c1-22(33(41)39-30-18-12-25(36)20-29(30)37)45-28-16-13-26(14-17-28)38-35(43)31(40-34(42)24-10-6-3-7-11-24)21-27-15-19-32(44-27)23-8-4-2-5-9-23/h2-22H,1H3,(H,38,43)(H,39,41)(H,40,42)/b31-21-/t22-/m1/s1. The Hall–Kier alpha value is -4.93. The molecule has 0 saturated carbocycles. The average molecular weight is 685 g/mol. The van der Waals surface area contributed by atoms with Crippen molar-refractivity contribution in [2.24, 2.45) is 0 Å². The summed E-state index contributed by atoms with van der Waals surface area (Å²) in [6.07, 6.45) is 1.47. The van der Waals surface area contributed by atoms with Crippen molar-refractivity contribution in [3.8, 4) is 11.3 Å². The first-order chi connectivity index (χ1) is 21.7. The highest BCUT2D eigenvalue weighted by molar-refractivity contribution is 9.10. The van der Waals surface area contributed by atoms with Crippen LogP contribution in [0.2, 0.25) is 0 Å². The number of anilines is 2. The maximum absolute atomic E-state index is 14.1. The zero-order chi connectivity index (χ0) is 31.8. The van der Waals surface area contributed by atoms with Gasteiger partial charge in [0.1, 0.15) is 23.0 Å². The summed E-state index contributed by atoms with van der Waals surface area (Å²) in [6.45, 7) is 1.72. The second-order valence-electron chi connectivity index (χ2n) is 9.80. The van der Waals surface area contributed by atoms with Crippen LogP contribution in [0.3, 0.4) is 0 Å². The molecule has 5 aromatic rings. The van der Waals surface area contributed by atoms with Crippen LogP contribution in [0, 0.1) is 5.82 Å². The number of furan rings is 1. The minimum atomic E-state index is -0.554. The third kappa shape index (κ3) is 8.59. The summed E-state index contributed by atoms with van der Waals surface area (Å²) in [7, 11) is 0. The summed E-state index contributed by atoms with van der Waals surface area (Å²) >= 11 is 4.48. The molecule has 1 atom stereocenters. The van der Waals surface area contributed by atoms with Crippen LogP contribution in [0.25, 0.3) is 17.4 Å². The van der Waals surface area contributed by atoms with Crippen molar-refractivity contribution in [2.45, 2.75) is 17.1 Å². The molecule has 0 bridgehead atoms. The number of carbonyl (C=O) groups excluding carboxylic acids is 3. The highest BCUT2D eigenvalue weighted by Gasteiger charge is 2.18. The fraction of sp³-hybridized carbons (Fsp3) is 0.0571. The van der Waals surface area contributed by atoms with Gasteiger partial charge in [-0.3, -0.25) is 14.4 Å². The van der Waals surface area contributed by atoms with Gasteiger partial charge < -0.3 is 20.4 Å². The number of thioether (sulfide) groups is 1. The van der Waals surface area contributed by atoms with E-state index in [4.69, 9.17) is 4.42 Å². The van der Waals surface area contributed by atoms with E-state index in [9.17, 15) is 18.8 Å². The molecular weight excluding hydrogens is 657 g/mol. The zero-order valence-corrected chi connectivity index (χ0v) is 26.3. The van der Waals surface area contributed by atoms with Gasteiger partial charge in [-0.05, 0) is 73.7 Å². The normalized spacial score (nSPS) is 11.8. The highest BCUT2D eigenvalue weighted by atomic mass is 79.9. The number of carbonyl (C=O) groups is 3.